The van der Waals surface area contributed by atoms with Crippen molar-refractivity contribution in [2.45, 2.75) is 38.6 Å². The molecule has 0 spiro atoms. The van der Waals surface area contributed by atoms with E-state index in [1.54, 1.807) is 0 Å². The summed E-state index contributed by atoms with van der Waals surface area (Å²) in [5.74, 6) is 0.0642. The molecular formula is C20H22N2O2. The van der Waals surface area contributed by atoms with E-state index in [1.165, 1.54) is 12.5 Å². The Morgan fingerprint density at radius 1 is 1.04 bits per heavy atom. The fourth-order valence-electron chi connectivity index (χ4n) is 2.82. The van der Waals surface area contributed by atoms with Crippen LogP contribution in [0, 0.1) is 0 Å². The third-order valence-electron chi connectivity index (χ3n) is 4.12. The Morgan fingerprint density at radius 2 is 1.71 bits per heavy atom. The summed E-state index contributed by atoms with van der Waals surface area (Å²) in [5, 5.41) is 2.75. The van der Waals surface area contributed by atoms with Crippen LogP contribution in [-0.2, 0) is 16.0 Å². The number of carbonyl (C=O) groups is 2. The van der Waals surface area contributed by atoms with Crippen molar-refractivity contribution in [3.63, 3.8) is 0 Å². The van der Waals surface area contributed by atoms with Crippen molar-refractivity contribution in [2.24, 2.45) is 0 Å². The van der Waals surface area contributed by atoms with Crippen LogP contribution >= 0.6 is 0 Å². The van der Waals surface area contributed by atoms with E-state index in [1.807, 2.05) is 47.4 Å². The molecule has 1 N–H and O–H groups in total. The summed E-state index contributed by atoms with van der Waals surface area (Å²) in [7, 11) is 0. The molecule has 0 aromatic heterocycles. The fraction of sp³-hybridized carbons (Fsp3) is 0.300. The normalized spacial score (nSPS) is 13.4. The van der Waals surface area contributed by atoms with E-state index in [4.69, 9.17) is 0 Å². The maximum atomic E-state index is 12.7. The minimum Gasteiger partial charge on any atom is -0.326 e. The number of amides is 2. The van der Waals surface area contributed by atoms with Gasteiger partial charge >= 0.3 is 0 Å². The van der Waals surface area contributed by atoms with Gasteiger partial charge < -0.3 is 10.2 Å². The van der Waals surface area contributed by atoms with Gasteiger partial charge in [0.15, 0.2) is 0 Å². The molecule has 2 aromatic rings. The van der Waals surface area contributed by atoms with Crippen LogP contribution in [0.3, 0.4) is 0 Å². The number of hydrogen-bond acceptors (Lipinski definition) is 2. The van der Waals surface area contributed by atoms with Gasteiger partial charge in [-0.3, -0.25) is 9.59 Å². The lowest BCUT2D eigenvalue weighted by atomic mass is 10.1. The molecule has 1 aliphatic carbocycles. The van der Waals surface area contributed by atoms with Gasteiger partial charge in [-0.1, -0.05) is 30.3 Å². The SMILES string of the molecule is CC(=O)Nc1ccc(N(C(=O)CCc2ccccc2)C2CC2)cc1. The molecule has 2 aromatic carbocycles. The van der Waals surface area contributed by atoms with E-state index in [0.717, 1.165) is 30.6 Å². The predicted octanol–water partition coefficient (Wildman–Crippen LogP) is 3.77. The average molecular weight is 322 g/mol. The molecule has 0 unspecified atom stereocenters. The summed E-state index contributed by atoms with van der Waals surface area (Å²) < 4.78 is 0. The van der Waals surface area contributed by atoms with Gasteiger partial charge in [-0.2, -0.15) is 0 Å². The summed E-state index contributed by atoms with van der Waals surface area (Å²) in [6, 6.07) is 17.9. The third-order valence-corrected chi connectivity index (χ3v) is 4.12. The molecule has 4 nitrogen and oxygen atoms in total. The van der Waals surface area contributed by atoms with E-state index in [9.17, 15) is 9.59 Å². The highest BCUT2D eigenvalue weighted by atomic mass is 16.2. The van der Waals surface area contributed by atoms with Crippen LogP contribution < -0.4 is 10.2 Å². The van der Waals surface area contributed by atoms with Crippen LogP contribution in [-0.4, -0.2) is 17.9 Å². The molecule has 2 amide bonds. The first-order valence-corrected chi connectivity index (χ1v) is 8.37. The van der Waals surface area contributed by atoms with E-state index in [2.05, 4.69) is 17.4 Å². The number of hydrogen-bond donors (Lipinski definition) is 1. The van der Waals surface area contributed by atoms with Crippen molar-refractivity contribution < 1.29 is 9.59 Å². The summed E-state index contributed by atoms with van der Waals surface area (Å²) >= 11 is 0. The largest absolute Gasteiger partial charge is 0.326 e. The zero-order valence-electron chi connectivity index (χ0n) is 13.9. The molecule has 3 rings (SSSR count). The smallest absolute Gasteiger partial charge is 0.227 e. The summed E-state index contributed by atoms with van der Waals surface area (Å²) in [6.07, 6.45) is 3.38. The average Bonchev–Trinajstić information content (AvgIpc) is 3.40. The third kappa shape index (κ3) is 4.22. The van der Waals surface area contributed by atoms with E-state index in [-0.39, 0.29) is 11.8 Å². The van der Waals surface area contributed by atoms with Crippen molar-refractivity contribution in [3.05, 3.63) is 60.2 Å². The van der Waals surface area contributed by atoms with Crippen molar-refractivity contribution in [1.29, 1.82) is 0 Å². The highest BCUT2D eigenvalue weighted by molar-refractivity contribution is 5.95. The molecule has 0 aliphatic heterocycles. The number of nitrogens with zero attached hydrogens (tertiary/aromatic N) is 1. The van der Waals surface area contributed by atoms with E-state index >= 15 is 0 Å². The van der Waals surface area contributed by atoms with Crippen LogP contribution in [0.25, 0.3) is 0 Å². The van der Waals surface area contributed by atoms with Gasteiger partial charge in [-0.15, -0.1) is 0 Å². The Kier molecular flexibility index (Phi) is 4.94. The quantitative estimate of drug-likeness (QED) is 0.880. The van der Waals surface area contributed by atoms with E-state index in [0.29, 0.717) is 12.5 Å². The zero-order chi connectivity index (χ0) is 16.9. The molecule has 1 saturated carbocycles. The Morgan fingerprint density at radius 3 is 2.29 bits per heavy atom. The van der Waals surface area contributed by atoms with Crippen molar-refractivity contribution in [1.82, 2.24) is 0 Å². The van der Waals surface area contributed by atoms with Crippen molar-refractivity contribution in [2.75, 3.05) is 10.2 Å². The molecule has 0 heterocycles. The molecule has 0 radical (unpaired) electrons. The first kappa shape index (κ1) is 16.2. The Labute approximate surface area is 142 Å². The van der Waals surface area contributed by atoms with Crippen LogP contribution in [0.1, 0.15) is 31.7 Å². The lowest BCUT2D eigenvalue weighted by Gasteiger charge is -2.23. The zero-order valence-corrected chi connectivity index (χ0v) is 13.9. The molecule has 4 heteroatoms. The number of anilines is 2. The van der Waals surface area contributed by atoms with Gasteiger partial charge in [-0.25, -0.2) is 0 Å². The van der Waals surface area contributed by atoms with Crippen LogP contribution in [0.5, 0.6) is 0 Å². The maximum absolute atomic E-state index is 12.7. The first-order chi connectivity index (χ1) is 11.6. The van der Waals surface area contributed by atoms with Gasteiger partial charge in [0.25, 0.3) is 0 Å². The number of carbonyl (C=O) groups excluding carboxylic acids is 2. The molecule has 0 bridgehead atoms. The van der Waals surface area contributed by atoms with Gasteiger partial charge in [0.05, 0.1) is 0 Å². The second-order valence-corrected chi connectivity index (χ2v) is 6.21. The Hall–Kier alpha value is -2.62. The molecule has 1 aliphatic rings. The Balaban J connectivity index is 1.67. The number of rotatable bonds is 6. The van der Waals surface area contributed by atoms with E-state index < -0.39 is 0 Å². The van der Waals surface area contributed by atoms with Gasteiger partial charge in [-0.05, 0) is 49.1 Å². The number of aryl methyl sites for hydroxylation is 1. The first-order valence-electron chi connectivity index (χ1n) is 8.37. The minimum atomic E-state index is -0.0965. The maximum Gasteiger partial charge on any atom is 0.227 e. The summed E-state index contributed by atoms with van der Waals surface area (Å²) in [5.41, 5.74) is 2.84. The highest BCUT2D eigenvalue weighted by Crippen LogP contribution is 2.33. The second kappa shape index (κ2) is 7.30. The van der Waals surface area contributed by atoms with Gasteiger partial charge in [0, 0.05) is 30.8 Å². The minimum absolute atomic E-state index is 0.0965. The van der Waals surface area contributed by atoms with Crippen LogP contribution in [0.2, 0.25) is 0 Å². The Bertz CT molecular complexity index is 706. The standard InChI is InChI=1S/C20H22N2O2/c1-15(23)21-17-8-10-18(11-9-17)22(19-12-13-19)20(24)14-7-16-5-3-2-4-6-16/h2-6,8-11,19H,7,12-14H2,1H3,(H,21,23). The van der Waals surface area contributed by atoms with Crippen molar-refractivity contribution >= 4 is 23.2 Å². The summed E-state index contributed by atoms with van der Waals surface area (Å²) in [6.45, 7) is 1.48. The fourth-order valence-corrected chi connectivity index (χ4v) is 2.82. The lowest BCUT2D eigenvalue weighted by Crippen LogP contribution is -2.33. The number of benzene rings is 2. The van der Waals surface area contributed by atoms with Crippen molar-refractivity contribution in [3.8, 4) is 0 Å². The molecule has 124 valence electrons. The molecule has 0 atom stereocenters. The van der Waals surface area contributed by atoms with Gasteiger partial charge in [0.2, 0.25) is 11.8 Å². The second-order valence-electron chi connectivity index (χ2n) is 6.21. The predicted molar refractivity (Wildman–Crippen MR) is 96.0 cm³/mol. The topological polar surface area (TPSA) is 49.4 Å². The molecule has 24 heavy (non-hydrogen) atoms. The summed E-state index contributed by atoms with van der Waals surface area (Å²) in [4.78, 5) is 25.7. The monoisotopic (exact) mass is 322 g/mol. The lowest BCUT2D eigenvalue weighted by molar-refractivity contribution is -0.118. The van der Waals surface area contributed by atoms with Crippen LogP contribution in [0.4, 0.5) is 11.4 Å². The van der Waals surface area contributed by atoms with Crippen LogP contribution in [0.15, 0.2) is 54.6 Å². The molecule has 0 saturated heterocycles. The number of nitrogens with one attached hydrogen (secondary N) is 1. The molecular weight excluding hydrogens is 300 g/mol. The molecule has 1 fully saturated rings. The van der Waals surface area contributed by atoms with Gasteiger partial charge in [0.1, 0.15) is 0 Å². The highest BCUT2D eigenvalue weighted by Gasteiger charge is 2.33.